The van der Waals surface area contributed by atoms with E-state index in [4.69, 9.17) is 34.8 Å². The Morgan fingerprint density at radius 2 is 1.81 bits per heavy atom. The maximum atomic E-state index is 12.3. The van der Waals surface area contributed by atoms with Crippen molar-refractivity contribution in [1.82, 2.24) is 0 Å². The molecule has 0 radical (unpaired) electrons. The van der Waals surface area contributed by atoms with Crippen LogP contribution in [0.15, 0.2) is 18.2 Å². The molecule has 0 aliphatic rings. The summed E-state index contributed by atoms with van der Waals surface area (Å²) >= 11 is 16.1. The Morgan fingerprint density at radius 3 is 2.19 bits per heavy atom. The van der Waals surface area contributed by atoms with Crippen molar-refractivity contribution in [3.63, 3.8) is 0 Å². The molecule has 16 heavy (non-hydrogen) atoms. The van der Waals surface area contributed by atoms with E-state index in [-0.39, 0.29) is 10.6 Å². The van der Waals surface area contributed by atoms with Gasteiger partial charge in [0.25, 0.3) is 0 Å². The maximum absolute atomic E-state index is 12.3. The summed E-state index contributed by atoms with van der Waals surface area (Å²) in [5, 5.41) is -0.328. The van der Waals surface area contributed by atoms with Crippen molar-refractivity contribution < 1.29 is 18.0 Å². The Kier molecular flexibility index (Phi) is 4.10. The van der Waals surface area contributed by atoms with Gasteiger partial charge in [0, 0.05) is 5.56 Å². The third-order valence-electron chi connectivity index (χ3n) is 1.76. The summed E-state index contributed by atoms with van der Waals surface area (Å²) in [5.41, 5.74) is -1.07. The van der Waals surface area contributed by atoms with Crippen LogP contribution in [0.3, 0.4) is 0 Å². The average Bonchev–Trinajstić information content (AvgIpc) is 2.15. The molecule has 0 heterocycles. The van der Waals surface area contributed by atoms with Crippen LogP contribution in [-0.2, 0) is 6.18 Å². The smallest absolute Gasteiger partial charge is 0.291 e. The van der Waals surface area contributed by atoms with Crippen LogP contribution < -0.4 is 0 Å². The van der Waals surface area contributed by atoms with E-state index in [0.29, 0.717) is 6.07 Å². The van der Waals surface area contributed by atoms with E-state index in [2.05, 4.69) is 0 Å². The van der Waals surface area contributed by atoms with E-state index in [0.717, 1.165) is 12.1 Å². The first kappa shape index (κ1) is 13.6. The van der Waals surface area contributed by atoms with Gasteiger partial charge in [0.1, 0.15) is 0 Å². The summed E-state index contributed by atoms with van der Waals surface area (Å²) in [4.78, 5) is 9.94. The van der Waals surface area contributed by atoms with Gasteiger partial charge in [-0.25, -0.2) is 0 Å². The fourth-order valence-electron chi connectivity index (χ4n) is 1.01. The van der Waals surface area contributed by atoms with Crippen LogP contribution in [0.5, 0.6) is 0 Å². The molecule has 0 aliphatic carbocycles. The number of benzene rings is 1. The number of hydrogen-bond acceptors (Lipinski definition) is 1. The third kappa shape index (κ3) is 3.03. The van der Waals surface area contributed by atoms with Gasteiger partial charge < -0.3 is 0 Å². The second-order valence-corrected chi connectivity index (χ2v) is 4.36. The van der Waals surface area contributed by atoms with Gasteiger partial charge in [-0.05, 0) is 18.2 Å². The second-order valence-electron chi connectivity index (χ2n) is 2.86. The Morgan fingerprint density at radius 1 is 1.25 bits per heavy atom. The van der Waals surface area contributed by atoms with Crippen molar-refractivity contribution in [3.8, 4) is 0 Å². The van der Waals surface area contributed by atoms with Crippen molar-refractivity contribution in [2.75, 3.05) is 0 Å². The van der Waals surface area contributed by atoms with Crippen molar-refractivity contribution in [2.45, 2.75) is 11.0 Å². The Balaban J connectivity index is 3.15. The molecule has 0 spiro atoms. The molecule has 0 N–H and O–H groups in total. The lowest BCUT2D eigenvalue weighted by atomic mass is 10.1. The number of rotatable bonds is 2. The summed E-state index contributed by atoms with van der Waals surface area (Å²) < 4.78 is 36.8. The lowest BCUT2D eigenvalue weighted by Crippen LogP contribution is -2.11. The van der Waals surface area contributed by atoms with Gasteiger partial charge in [0.2, 0.25) is 0 Å². The summed E-state index contributed by atoms with van der Waals surface area (Å²) in [5.74, 6) is -0.734. The molecule has 0 bridgehead atoms. The fourth-order valence-corrected chi connectivity index (χ4v) is 1.52. The minimum atomic E-state index is -4.51. The van der Waals surface area contributed by atoms with Crippen LogP contribution in [0.25, 0.3) is 0 Å². The van der Waals surface area contributed by atoms with Gasteiger partial charge in [-0.1, -0.05) is 34.8 Å². The monoisotopic (exact) mass is 290 g/mol. The predicted octanol–water partition coefficient (Wildman–Crippen LogP) is 4.35. The van der Waals surface area contributed by atoms with Crippen molar-refractivity contribution in [2.24, 2.45) is 0 Å². The summed E-state index contributed by atoms with van der Waals surface area (Å²) in [6.45, 7) is 0. The molecular weight excluding hydrogens is 287 g/mol. The molecule has 0 saturated heterocycles. The topological polar surface area (TPSA) is 17.1 Å². The molecule has 7 heteroatoms. The number of hydrogen-bond donors (Lipinski definition) is 0. The molecule has 0 aromatic heterocycles. The number of carbonyl (C=O) groups excluding carboxylic acids is 1. The highest BCUT2D eigenvalue weighted by molar-refractivity contribution is 6.56. The molecule has 0 unspecified atom stereocenters. The first-order valence-corrected chi connectivity index (χ1v) is 5.17. The van der Waals surface area contributed by atoms with Gasteiger partial charge in [-0.3, -0.25) is 4.79 Å². The first-order valence-electron chi connectivity index (χ1n) is 3.92. The van der Waals surface area contributed by atoms with Crippen LogP contribution in [0, 0.1) is 0 Å². The molecule has 0 amide bonds. The van der Waals surface area contributed by atoms with Crippen LogP contribution in [0.2, 0.25) is 5.02 Å². The predicted molar refractivity (Wildman–Crippen MR) is 56.3 cm³/mol. The fraction of sp³-hybridized carbons (Fsp3) is 0.222. The Labute approximate surface area is 104 Å². The van der Waals surface area contributed by atoms with E-state index in [1.54, 1.807) is 0 Å². The van der Waals surface area contributed by atoms with E-state index >= 15 is 0 Å². The summed E-state index contributed by atoms with van der Waals surface area (Å²) in [7, 11) is 0. The highest BCUT2D eigenvalue weighted by Gasteiger charge is 2.31. The van der Waals surface area contributed by atoms with Gasteiger partial charge in [0.05, 0.1) is 10.6 Å². The zero-order valence-electron chi connectivity index (χ0n) is 7.49. The number of ketones is 1. The average molecular weight is 291 g/mol. The molecule has 0 fully saturated rings. The Bertz CT molecular complexity index is 415. The van der Waals surface area contributed by atoms with E-state index in [1.165, 1.54) is 0 Å². The molecular formula is C9H4Cl3F3O. The quantitative estimate of drug-likeness (QED) is 0.585. The van der Waals surface area contributed by atoms with Crippen LogP contribution in [0.1, 0.15) is 15.9 Å². The number of alkyl halides is 5. The van der Waals surface area contributed by atoms with E-state index < -0.39 is 22.4 Å². The minimum Gasteiger partial charge on any atom is -0.291 e. The Hall–Kier alpha value is -0.450. The number of halogens is 6. The molecule has 1 aromatic rings. The molecule has 1 rings (SSSR count). The largest absolute Gasteiger partial charge is 0.416 e. The first-order chi connectivity index (χ1) is 7.23. The molecule has 1 nitrogen and oxygen atoms in total. The lowest BCUT2D eigenvalue weighted by Gasteiger charge is -2.09. The maximum Gasteiger partial charge on any atom is 0.416 e. The molecule has 0 saturated carbocycles. The van der Waals surface area contributed by atoms with Gasteiger partial charge >= 0.3 is 6.18 Å². The standard InChI is InChI=1S/C9H4Cl3F3O/c10-6-3-4(9(13,14)15)1-2-5(6)7(16)8(11)12/h1-3,8H. The highest BCUT2D eigenvalue weighted by Crippen LogP contribution is 2.32. The summed E-state index contributed by atoms with van der Waals surface area (Å²) in [6, 6.07) is 2.35. The summed E-state index contributed by atoms with van der Waals surface area (Å²) in [6.07, 6.45) is -4.51. The van der Waals surface area contributed by atoms with Crippen molar-refractivity contribution in [3.05, 3.63) is 34.3 Å². The normalized spacial score (nSPS) is 11.9. The molecule has 88 valence electrons. The van der Waals surface area contributed by atoms with E-state index in [9.17, 15) is 18.0 Å². The zero-order chi connectivity index (χ0) is 12.5. The SMILES string of the molecule is O=C(c1ccc(C(F)(F)F)cc1Cl)C(Cl)Cl. The van der Waals surface area contributed by atoms with E-state index in [1.807, 2.05) is 0 Å². The number of carbonyl (C=O) groups is 1. The van der Waals surface area contributed by atoms with Gasteiger partial charge in [-0.15, -0.1) is 0 Å². The minimum absolute atomic E-state index is 0.135. The molecule has 0 atom stereocenters. The van der Waals surface area contributed by atoms with Crippen LogP contribution in [-0.4, -0.2) is 10.6 Å². The lowest BCUT2D eigenvalue weighted by molar-refractivity contribution is -0.137. The zero-order valence-corrected chi connectivity index (χ0v) is 9.75. The molecule has 0 aliphatic heterocycles. The molecule has 1 aromatic carbocycles. The highest BCUT2D eigenvalue weighted by atomic mass is 35.5. The second kappa shape index (κ2) is 4.82. The third-order valence-corrected chi connectivity index (χ3v) is 2.47. The van der Waals surface area contributed by atoms with Gasteiger partial charge in [-0.2, -0.15) is 13.2 Å². The number of Topliss-reactive ketones (excluding diaryl/α,β-unsaturated/α-hetero) is 1. The van der Waals surface area contributed by atoms with Gasteiger partial charge in [0.15, 0.2) is 10.6 Å². The van der Waals surface area contributed by atoms with Crippen molar-refractivity contribution in [1.29, 1.82) is 0 Å². The van der Waals surface area contributed by atoms with Crippen LogP contribution in [0.4, 0.5) is 13.2 Å². The van der Waals surface area contributed by atoms with Crippen molar-refractivity contribution >= 4 is 40.6 Å². The van der Waals surface area contributed by atoms with Crippen LogP contribution >= 0.6 is 34.8 Å².